The van der Waals surface area contributed by atoms with E-state index in [0.29, 0.717) is 0 Å². The van der Waals surface area contributed by atoms with E-state index in [1.54, 1.807) is 6.07 Å². The molecule has 0 saturated carbocycles. The van der Waals surface area contributed by atoms with E-state index in [4.69, 9.17) is 4.74 Å². The van der Waals surface area contributed by atoms with Gasteiger partial charge in [0.25, 0.3) is 0 Å². The maximum atomic E-state index is 11.6. The molecule has 0 spiro atoms. The van der Waals surface area contributed by atoms with Crippen molar-refractivity contribution in [3.05, 3.63) is 34.3 Å². The lowest BCUT2D eigenvalue weighted by molar-refractivity contribution is 0.0529. The van der Waals surface area contributed by atoms with Crippen molar-refractivity contribution in [2.45, 2.75) is 32.4 Å². The predicted octanol–water partition coefficient (Wildman–Crippen LogP) is 3.01. The van der Waals surface area contributed by atoms with Gasteiger partial charge in [-0.25, -0.2) is 4.79 Å². The molecule has 4 nitrogen and oxygen atoms in total. The highest BCUT2D eigenvalue weighted by atomic mass is 79.9. The van der Waals surface area contributed by atoms with Crippen molar-refractivity contribution in [1.82, 2.24) is 5.32 Å². The second kappa shape index (κ2) is 6.20. The average Bonchev–Trinajstić information content (AvgIpc) is 2.23. The first-order valence-corrected chi connectivity index (χ1v) is 6.46. The number of hydrogen-bond acceptors (Lipinski definition) is 3. The van der Waals surface area contributed by atoms with Crippen LogP contribution < -0.4 is 5.32 Å². The van der Waals surface area contributed by atoms with E-state index in [1.807, 2.05) is 39.0 Å². The lowest BCUT2D eigenvalue weighted by atomic mass is 10.1. The standard InChI is InChI=1S/C13H18BrNO3/c1-13(2,3)15-12(17)18-11(8-16)9-5-4-6-10(14)7-9/h4-7,11,16H,8H2,1-3H3,(H,15,17)/t11-/m1/s1. The molecule has 1 rings (SSSR count). The molecule has 18 heavy (non-hydrogen) atoms. The van der Waals surface area contributed by atoms with Gasteiger partial charge in [-0.1, -0.05) is 28.1 Å². The first-order chi connectivity index (χ1) is 8.31. The predicted molar refractivity (Wildman–Crippen MR) is 73.3 cm³/mol. The molecule has 0 saturated heterocycles. The molecule has 0 aliphatic rings. The van der Waals surface area contributed by atoms with Gasteiger partial charge in [-0.2, -0.15) is 0 Å². The van der Waals surface area contributed by atoms with Crippen molar-refractivity contribution >= 4 is 22.0 Å². The fourth-order valence-electron chi connectivity index (χ4n) is 1.38. The number of amides is 1. The number of aliphatic hydroxyl groups is 1. The largest absolute Gasteiger partial charge is 0.439 e. The summed E-state index contributed by atoms with van der Waals surface area (Å²) in [7, 11) is 0. The van der Waals surface area contributed by atoms with E-state index in [-0.39, 0.29) is 12.1 Å². The molecule has 0 radical (unpaired) electrons. The highest BCUT2D eigenvalue weighted by Crippen LogP contribution is 2.21. The van der Waals surface area contributed by atoms with Crippen molar-refractivity contribution in [3.8, 4) is 0 Å². The first-order valence-electron chi connectivity index (χ1n) is 5.67. The van der Waals surface area contributed by atoms with Crippen LogP contribution in [0.4, 0.5) is 4.79 Å². The minimum absolute atomic E-state index is 0.256. The Hall–Kier alpha value is -1.07. The highest BCUT2D eigenvalue weighted by Gasteiger charge is 2.20. The summed E-state index contributed by atoms with van der Waals surface area (Å²) in [6.45, 7) is 5.33. The van der Waals surface area contributed by atoms with Crippen LogP contribution in [0.3, 0.4) is 0 Å². The minimum Gasteiger partial charge on any atom is -0.439 e. The Bertz CT molecular complexity index is 415. The summed E-state index contributed by atoms with van der Waals surface area (Å²) < 4.78 is 6.07. The number of halogens is 1. The summed E-state index contributed by atoms with van der Waals surface area (Å²) in [6.07, 6.45) is -1.20. The summed E-state index contributed by atoms with van der Waals surface area (Å²) in [5.41, 5.74) is 0.380. The normalized spacial score (nSPS) is 12.9. The number of benzene rings is 1. The maximum Gasteiger partial charge on any atom is 0.408 e. The molecule has 2 N–H and O–H groups in total. The van der Waals surface area contributed by atoms with Crippen LogP contribution in [0.2, 0.25) is 0 Å². The van der Waals surface area contributed by atoms with E-state index in [9.17, 15) is 9.90 Å². The number of carbonyl (C=O) groups is 1. The summed E-state index contributed by atoms with van der Waals surface area (Å²) in [5.74, 6) is 0. The Balaban J connectivity index is 2.71. The molecule has 5 heteroatoms. The topological polar surface area (TPSA) is 58.6 Å². The van der Waals surface area contributed by atoms with E-state index >= 15 is 0 Å². The fraction of sp³-hybridized carbons (Fsp3) is 0.462. The summed E-state index contributed by atoms with van der Waals surface area (Å²) >= 11 is 3.34. The number of alkyl carbamates (subject to hydrolysis) is 1. The van der Waals surface area contributed by atoms with E-state index in [1.165, 1.54) is 0 Å². The Kier molecular flexibility index (Phi) is 5.16. The minimum atomic E-state index is -0.662. The Morgan fingerprint density at radius 3 is 2.67 bits per heavy atom. The Labute approximate surface area is 115 Å². The highest BCUT2D eigenvalue weighted by molar-refractivity contribution is 9.10. The molecular weight excluding hydrogens is 298 g/mol. The molecule has 1 aromatic rings. The monoisotopic (exact) mass is 315 g/mol. The summed E-state index contributed by atoms with van der Waals surface area (Å²) in [4.78, 5) is 11.6. The molecule has 1 aromatic carbocycles. The molecule has 0 fully saturated rings. The number of hydrogen-bond donors (Lipinski definition) is 2. The van der Waals surface area contributed by atoms with Crippen molar-refractivity contribution in [3.63, 3.8) is 0 Å². The van der Waals surface area contributed by atoms with Crippen LogP contribution in [0.1, 0.15) is 32.4 Å². The van der Waals surface area contributed by atoms with E-state index < -0.39 is 12.2 Å². The van der Waals surface area contributed by atoms with Gasteiger partial charge in [0.15, 0.2) is 6.10 Å². The van der Waals surface area contributed by atoms with Gasteiger partial charge in [-0.15, -0.1) is 0 Å². The zero-order valence-corrected chi connectivity index (χ0v) is 12.3. The molecule has 0 bridgehead atoms. The zero-order chi connectivity index (χ0) is 13.8. The van der Waals surface area contributed by atoms with Crippen LogP contribution in [-0.4, -0.2) is 23.3 Å². The molecule has 100 valence electrons. The van der Waals surface area contributed by atoms with Crippen LogP contribution in [-0.2, 0) is 4.74 Å². The third-order valence-electron chi connectivity index (χ3n) is 2.11. The molecule has 0 aliphatic heterocycles. The van der Waals surface area contributed by atoms with E-state index in [2.05, 4.69) is 21.2 Å². The molecule has 0 aromatic heterocycles. The maximum absolute atomic E-state index is 11.6. The van der Waals surface area contributed by atoms with Gasteiger partial charge in [0.05, 0.1) is 6.61 Å². The number of aliphatic hydroxyl groups excluding tert-OH is 1. The van der Waals surface area contributed by atoms with Gasteiger partial charge in [0.1, 0.15) is 0 Å². The number of nitrogens with one attached hydrogen (secondary N) is 1. The summed E-state index contributed by atoms with van der Waals surface area (Å²) in [5, 5.41) is 12.0. The molecule has 1 amide bonds. The van der Waals surface area contributed by atoms with Crippen molar-refractivity contribution in [2.24, 2.45) is 0 Å². The van der Waals surface area contributed by atoms with Gasteiger partial charge < -0.3 is 15.2 Å². The number of ether oxygens (including phenoxy) is 1. The molecule has 1 atom stereocenters. The smallest absolute Gasteiger partial charge is 0.408 e. The fourth-order valence-corrected chi connectivity index (χ4v) is 1.80. The zero-order valence-electron chi connectivity index (χ0n) is 10.7. The van der Waals surface area contributed by atoms with Crippen LogP contribution in [0.5, 0.6) is 0 Å². The molecular formula is C13H18BrNO3. The first kappa shape index (κ1) is 15.0. The molecule has 0 unspecified atom stereocenters. The third kappa shape index (κ3) is 5.06. The van der Waals surface area contributed by atoms with Crippen LogP contribution in [0, 0.1) is 0 Å². The SMILES string of the molecule is CC(C)(C)NC(=O)O[C@H](CO)c1cccc(Br)c1. The van der Waals surface area contributed by atoms with Gasteiger partial charge in [0.2, 0.25) is 0 Å². The third-order valence-corrected chi connectivity index (χ3v) is 2.61. The van der Waals surface area contributed by atoms with Gasteiger partial charge in [-0.3, -0.25) is 0 Å². The van der Waals surface area contributed by atoms with Crippen LogP contribution >= 0.6 is 15.9 Å². The second-order valence-electron chi connectivity index (χ2n) is 5.01. The second-order valence-corrected chi connectivity index (χ2v) is 5.92. The van der Waals surface area contributed by atoms with Crippen molar-refractivity contribution in [2.75, 3.05) is 6.61 Å². The van der Waals surface area contributed by atoms with Crippen LogP contribution in [0.15, 0.2) is 28.7 Å². The lowest BCUT2D eigenvalue weighted by Gasteiger charge is -2.23. The molecule has 0 heterocycles. The average molecular weight is 316 g/mol. The van der Waals surface area contributed by atoms with Gasteiger partial charge in [0, 0.05) is 10.0 Å². The lowest BCUT2D eigenvalue weighted by Crippen LogP contribution is -2.41. The van der Waals surface area contributed by atoms with Crippen molar-refractivity contribution in [1.29, 1.82) is 0 Å². The summed E-state index contributed by atoms with van der Waals surface area (Å²) in [6, 6.07) is 7.31. The van der Waals surface area contributed by atoms with E-state index in [0.717, 1.165) is 10.0 Å². The molecule has 0 aliphatic carbocycles. The van der Waals surface area contributed by atoms with Gasteiger partial charge >= 0.3 is 6.09 Å². The quantitative estimate of drug-likeness (QED) is 0.901. The van der Waals surface area contributed by atoms with Crippen LogP contribution in [0.25, 0.3) is 0 Å². The Morgan fingerprint density at radius 1 is 1.50 bits per heavy atom. The number of carbonyl (C=O) groups excluding carboxylic acids is 1. The Morgan fingerprint density at radius 2 is 2.17 bits per heavy atom. The van der Waals surface area contributed by atoms with Crippen molar-refractivity contribution < 1.29 is 14.6 Å². The number of rotatable bonds is 3. The van der Waals surface area contributed by atoms with Gasteiger partial charge in [-0.05, 0) is 38.5 Å².